The van der Waals surface area contributed by atoms with E-state index >= 15 is 0 Å². The van der Waals surface area contributed by atoms with Crippen molar-refractivity contribution in [1.82, 2.24) is 4.98 Å². The number of pyridine rings is 1. The monoisotopic (exact) mass is 196 g/mol. The largest absolute Gasteiger partial charge is 0.480 e. The van der Waals surface area contributed by atoms with Gasteiger partial charge in [-0.15, -0.1) is 0 Å². The molecule has 0 aliphatic carbocycles. The number of aryl methyl sites for hydroxylation is 1. The third-order valence-corrected chi connectivity index (χ3v) is 2.13. The van der Waals surface area contributed by atoms with Crippen LogP contribution in [0.5, 0.6) is 0 Å². The van der Waals surface area contributed by atoms with Crippen LogP contribution in [0.15, 0.2) is 17.1 Å². The Kier molecular flexibility index (Phi) is 2.44. The van der Waals surface area contributed by atoms with Crippen molar-refractivity contribution >= 4 is 5.97 Å². The zero-order valence-electron chi connectivity index (χ0n) is 8.00. The van der Waals surface area contributed by atoms with Gasteiger partial charge in [0.2, 0.25) is 5.56 Å². The number of carboxylic acids is 1. The number of aromatic nitrogens is 1. The number of aromatic amines is 1. The molecule has 1 aromatic heterocycles. The van der Waals surface area contributed by atoms with Gasteiger partial charge in [0.05, 0.1) is 0 Å². The third-order valence-electron chi connectivity index (χ3n) is 2.13. The SMILES string of the molecule is Cc1cc(=O)[nH]cc1C(C)(N)C(=O)O. The normalized spacial score (nSPS) is 14.8. The van der Waals surface area contributed by atoms with Gasteiger partial charge >= 0.3 is 5.97 Å². The highest BCUT2D eigenvalue weighted by atomic mass is 16.4. The van der Waals surface area contributed by atoms with Crippen LogP contribution in [0.3, 0.4) is 0 Å². The molecule has 14 heavy (non-hydrogen) atoms. The van der Waals surface area contributed by atoms with Crippen LogP contribution in [0.2, 0.25) is 0 Å². The number of rotatable bonds is 2. The lowest BCUT2D eigenvalue weighted by molar-refractivity contribution is -0.143. The lowest BCUT2D eigenvalue weighted by atomic mass is 9.91. The van der Waals surface area contributed by atoms with E-state index in [1.807, 2.05) is 0 Å². The number of carboxylic acid groups (broad SMARTS) is 1. The maximum Gasteiger partial charge on any atom is 0.328 e. The van der Waals surface area contributed by atoms with E-state index in [4.69, 9.17) is 10.8 Å². The molecular formula is C9H12N2O3. The van der Waals surface area contributed by atoms with E-state index in [-0.39, 0.29) is 5.56 Å². The summed E-state index contributed by atoms with van der Waals surface area (Å²) in [6, 6.07) is 1.32. The predicted octanol–water partition coefficient (Wildman–Crippen LogP) is -0.0582. The van der Waals surface area contributed by atoms with Crippen LogP contribution in [-0.2, 0) is 10.3 Å². The van der Waals surface area contributed by atoms with E-state index in [1.54, 1.807) is 6.92 Å². The van der Waals surface area contributed by atoms with Crippen molar-refractivity contribution in [1.29, 1.82) is 0 Å². The van der Waals surface area contributed by atoms with E-state index in [9.17, 15) is 9.59 Å². The predicted molar refractivity (Wildman–Crippen MR) is 51.0 cm³/mol. The summed E-state index contributed by atoms with van der Waals surface area (Å²) in [5.41, 5.74) is 4.84. The minimum atomic E-state index is -1.48. The van der Waals surface area contributed by atoms with Crippen LogP contribution in [0.1, 0.15) is 18.1 Å². The first-order chi connectivity index (χ1) is 6.35. The Morgan fingerprint density at radius 1 is 1.64 bits per heavy atom. The standard InChI is InChI=1S/C9H12N2O3/c1-5-3-7(12)11-4-6(5)9(2,10)8(13)14/h3-4H,10H2,1-2H3,(H,11,12)(H,13,14). The van der Waals surface area contributed by atoms with Gasteiger partial charge < -0.3 is 15.8 Å². The van der Waals surface area contributed by atoms with E-state index in [1.165, 1.54) is 19.2 Å². The number of nitrogens with two attached hydrogens (primary N) is 1. The molecule has 0 saturated heterocycles. The molecular weight excluding hydrogens is 184 g/mol. The Bertz CT molecular complexity index is 420. The molecule has 1 aromatic rings. The minimum absolute atomic E-state index is 0.271. The molecule has 1 rings (SSSR count). The number of hydrogen-bond donors (Lipinski definition) is 3. The molecule has 5 heteroatoms. The summed E-state index contributed by atoms with van der Waals surface area (Å²) >= 11 is 0. The molecule has 0 amide bonds. The van der Waals surface area contributed by atoms with Gasteiger partial charge in [-0.1, -0.05) is 0 Å². The fraction of sp³-hybridized carbons (Fsp3) is 0.333. The Hall–Kier alpha value is -1.62. The second-order valence-corrected chi connectivity index (χ2v) is 3.40. The highest BCUT2D eigenvalue weighted by Crippen LogP contribution is 2.19. The molecule has 76 valence electrons. The molecule has 4 N–H and O–H groups in total. The molecule has 0 aliphatic rings. The lowest BCUT2D eigenvalue weighted by Crippen LogP contribution is -2.42. The zero-order chi connectivity index (χ0) is 10.9. The van der Waals surface area contributed by atoms with Gasteiger partial charge in [0, 0.05) is 17.8 Å². The van der Waals surface area contributed by atoms with Crippen LogP contribution in [-0.4, -0.2) is 16.1 Å². The molecule has 0 radical (unpaired) electrons. The highest BCUT2D eigenvalue weighted by molar-refractivity contribution is 5.80. The van der Waals surface area contributed by atoms with Gasteiger partial charge in [-0.2, -0.15) is 0 Å². The summed E-state index contributed by atoms with van der Waals surface area (Å²) in [5, 5.41) is 8.87. The summed E-state index contributed by atoms with van der Waals surface area (Å²) < 4.78 is 0. The molecule has 5 nitrogen and oxygen atoms in total. The number of nitrogens with one attached hydrogen (secondary N) is 1. The maximum absolute atomic E-state index is 10.9. The van der Waals surface area contributed by atoms with Crippen LogP contribution in [0.25, 0.3) is 0 Å². The third kappa shape index (κ3) is 1.67. The summed E-state index contributed by atoms with van der Waals surface area (Å²) in [7, 11) is 0. The first kappa shape index (κ1) is 10.5. The first-order valence-corrected chi connectivity index (χ1v) is 4.08. The first-order valence-electron chi connectivity index (χ1n) is 4.08. The van der Waals surface area contributed by atoms with Gasteiger partial charge in [-0.25, -0.2) is 4.79 Å². The number of aliphatic carboxylic acids is 1. The number of carbonyl (C=O) groups is 1. The summed E-state index contributed by atoms with van der Waals surface area (Å²) in [6.07, 6.45) is 1.34. The van der Waals surface area contributed by atoms with Gasteiger partial charge in [0.25, 0.3) is 0 Å². The van der Waals surface area contributed by atoms with E-state index in [0.29, 0.717) is 11.1 Å². The summed E-state index contributed by atoms with van der Waals surface area (Å²) in [4.78, 5) is 24.1. The Labute approximate surface area is 80.6 Å². The van der Waals surface area contributed by atoms with Crippen molar-refractivity contribution in [3.63, 3.8) is 0 Å². The van der Waals surface area contributed by atoms with Crippen molar-refractivity contribution in [3.8, 4) is 0 Å². The van der Waals surface area contributed by atoms with Crippen LogP contribution < -0.4 is 11.3 Å². The van der Waals surface area contributed by atoms with Crippen LogP contribution in [0.4, 0.5) is 0 Å². The van der Waals surface area contributed by atoms with E-state index in [2.05, 4.69) is 4.98 Å². The molecule has 1 atom stereocenters. The fourth-order valence-electron chi connectivity index (χ4n) is 1.25. The smallest absolute Gasteiger partial charge is 0.328 e. The van der Waals surface area contributed by atoms with Gasteiger partial charge in [-0.05, 0) is 19.4 Å². The quantitative estimate of drug-likeness (QED) is 0.617. The molecule has 0 saturated carbocycles. The molecule has 1 heterocycles. The summed E-state index contributed by atoms with van der Waals surface area (Å²) in [6.45, 7) is 3.04. The van der Waals surface area contributed by atoms with Gasteiger partial charge in [0.1, 0.15) is 5.54 Å². The molecule has 0 aliphatic heterocycles. The molecule has 0 fully saturated rings. The van der Waals surface area contributed by atoms with Crippen LogP contribution in [0, 0.1) is 6.92 Å². The van der Waals surface area contributed by atoms with Gasteiger partial charge in [0.15, 0.2) is 0 Å². The topological polar surface area (TPSA) is 96.2 Å². The Morgan fingerprint density at radius 3 is 2.64 bits per heavy atom. The second kappa shape index (κ2) is 3.26. The molecule has 0 bridgehead atoms. The maximum atomic E-state index is 10.9. The average Bonchev–Trinajstić information content (AvgIpc) is 2.02. The van der Waals surface area contributed by atoms with E-state index in [0.717, 1.165) is 0 Å². The van der Waals surface area contributed by atoms with Crippen molar-refractivity contribution in [3.05, 3.63) is 33.7 Å². The highest BCUT2D eigenvalue weighted by Gasteiger charge is 2.31. The molecule has 1 unspecified atom stereocenters. The van der Waals surface area contributed by atoms with E-state index < -0.39 is 11.5 Å². The van der Waals surface area contributed by atoms with Crippen molar-refractivity contribution in [2.75, 3.05) is 0 Å². The Balaban J connectivity index is 3.33. The van der Waals surface area contributed by atoms with Crippen molar-refractivity contribution < 1.29 is 9.90 Å². The summed E-state index contributed by atoms with van der Waals surface area (Å²) in [5.74, 6) is -1.13. The molecule has 0 spiro atoms. The minimum Gasteiger partial charge on any atom is -0.480 e. The zero-order valence-corrected chi connectivity index (χ0v) is 8.00. The van der Waals surface area contributed by atoms with Crippen LogP contribution >= 0.6 is 0 Å². The van der Waals surface area contributed by atoms with Crippen molar-refractivity contribution in [2.45, 2.75) is 19.4 Å². The average molecular weight is 196 g/mol. The number of H-pyrrole nitrogens is 1. The lowest BCUT2D eigenvalue weighted by Gasteiger charge is -2.21. The number of hydrogen-bond acceptors (Lipinski definition) is 3. The fourth-order valence-corrected chi connectivity index (χ4v) is 1.25. The van der Waals surface area contributed by atoms with Crippen molar-refractivity contribution in [2.24, 2.45) is 5.73 Å². The second-order valence-electron chi connectivity index (χ2n) is 3.40. The Morgan fingerprint density at radius 2 is 2.21 bits per heavy atom. The van der Waals surface area contributed by atoms with Gasteiger partial charge in [-0.3, -0.25) is 4.79 Å². The molecule has 0 aromatic carbocycles.